The van der Waals surface area contributed by atoms with Gasteiger partial charge in [0, 0.05) is 12.0 Å². The maximum Gasteiger partial charge on any atom is 0.256 e. The lowest BCUT2D eigenvalue weighted by atomic mass is 9.88. The Hall–Kier alpha value is -2.08. The Kier molecular flexibility index (Phi) is 4.94. The molecular weight excluding hydrogens is 294 g/mol. The van der Waals surface area contributed by atoms with Crippen LogP contribution in [0.25, 0.3) is 0 Å². The molecule has 0 saturated heterocycles. The molecule has 0 spiro atoms. The normalized spacial score (nSPS) is 13.3. The molecule has 2 aromatic heterocycles. The summed E-state index contributed by atoms with van der Waals surface area (Å²) in [6, 6.07) is 3.71. The van der Waals surface area contributed by atoms with E-state index in [4.69, 9.17) is 8.94 Å². The van der Waals surface area contributed by atoms with E-state index in [0.29, 0.717) is 23.6 Å². The number of nitrogens with zero attached hydrogens (tertiary/aromatic N) is 2. The smallest absolute Gasteiger partial charge is 0.256 e. The maximum absolute atomic E-state index is 12.6. The van der Waals surface area contributed by atoms with Crippen molar-refractivity contribution in [2.75, 3.05) is 20.6 Å². The van der Waals surface area contributed by atoms with Crippen LogP contribution in [-0.4, -0.2) is 36.6 Å². The Balaban J connectivity index is 2.15. The number of carbonyl (C=O) groups excluding carboxylic acids is 1. The Bertz CT molecular complexity index is 651. The summed E-state index contributed by atoms with van der Waals surface area (Å²) in [5.74, 6) is 1.17. The lowest BCUT2D eigenvalue weighted by molar-refractivity contribution is 0.0935. The molecule has 0 radical (unpaired) electrons. The fraction of sp³-hybridized carbons (Fsp3) is 0.529. The highest BCUT2D eigenvalue weighted by Crippen LogP contribution is 2.27. The van der Waals surface area contributed by atoms with Crippen molar-refractivity contribution < 1.29 is 13.7 Å². The molecule has 6 heteroatoms. The van der Waals surface area contributed by atoms with Gasteiger partial charge in [0.15, 0.2) is 0 Å². The van der Waals surface area contributed by atoms with E-state index >= 15 is 0 Å². The van der Waals surface area contributed by atoms with Gasteiger partial charge in [-0.25, -0.2) is 0 Å². The molecule has 0 bridgehead atoms. The minimum Gasteiger partial charge on any atom is -0.468 e. The van der Waals surface area contributed by atoms with Gasteiger partial charge in [-0.15, -0.1) is 0 Å². The second kappa shape index (κ2) is 6.58. The molecule has 23 heavy (non-hydrogen) atoms. The monoisotopic (exact) mass is 319 g/mol. The Morgan fingerprint density at radius 2 is 2.09 bits per heavy atom. The number of likely N-dealkylation sites (N-methyl/N-ethyl adjacent to an activating group) is 1. The van der Waals surface area contributed by atoms with Gasteiger partial charge < -0.3 is 14.3 Å². The third kappa shape index (κ3) is 3.82. The van der Waals surface area contributed by atoms with Crippen LogP contribution in [0.1, 0.15) is 54.4 Å². The molecule has 2 aromatic rings. The Morgan fingerprint density at radius 1 is 1.39 bits per heavy atom. The van der Waals surface area contributed by atoms with Crippen LogP contribution in [0.3, 0.4) is 0 Å². The third-order valence-electron chi connectivity index (χ3n) is 3.75. The summed E-state index contributed by atoms with van der Waals surface area (Å²) in [4.78, 5) is 14.6. The molecule has 1 unspecified atom stereocenters. The molecule has 0 aromatic carbocycles. The van der Waals surface area contributed by atoms with Crippen LogP contribution < -0.4 is 5.32 Å². The van der Waals surface area contributed by atoms with Crippen molar-refractivity contribution >= 4 is 5.91 Å². The number of nitrogens with one attached hydrogen (secondary N) is 1. The van der Waals surface area contributed by atoms with Crippen molar-refractivity contribution in [1.29, 1.82) is 0 Å². The van der Waals surface area contributed by atoms with Crippen LogP contribution >= 0.6 is 0 Å². The molecule has 126 valence electrons. The molecule has 0 saturated carbocycles. The molecule has 1 N–H and O–H groups in total. The number of furan rings is 1. The summed E-state index contributed by atoms with van der Waals surface area (Å²) in [5.41, 5.74) is 0.938. The number of rotatable bonds is 5. The zero-order chi connectivity index (χ0) is 17.2. The zero-order valence-corrected chi connectivity index (χ0v) is 14.6. The molecular formula is C17H25N3O3. The predicted molar refractivity (Wildman–Crippen MR) is 87.4 cm³/mol. The fourth-order valence-electron chi connectivity index (χ4n) is 2.45. The second-order valence-corrected chi connectivity index (χ2v) is 6.92. The van der Waals surface area contributed by atoms with Gasteiger partial charge in [-0.3, -0.25) is 9.69 Å². The summed E-state index contributed by atoms with van der Waals surface area (Å²) < 4.78 is 10.7. The van der Waals surface area contributed by atoms with E-state index in [9.17, 15) is 4.79 Å². The molecule has 0 fully saturated rings. The largest absolute Gasteiger partial charge is 0.468 e. The minimum absolute atomic E-state index is 0.0350. The number of carbonyl (C=O) groups is 1. The third-order valence-corrected chi connectivity index (χ3v) is 3.75. The van der Waals surface area contributed by atoms with Gasteiger partial charge in [0.2, 0.25) is 0 Å². The minimum atomic E-state index is -0.258. The highest BCUT2D eigenvalue weighted by atomic mass is 16.5. The lowest BCUT2D eigenvalue weighted by Crippen LogP contribution is -2.35. The molecule has 6 nitrogen and oxygen atoms in total. The first-order chi connectivity index (χ1) is 10.7. The standard InChI is InChI=1S/C17H25N3O3/c1-11-14(15(19-23-11)17(2,3)4)16(21)18-10-12(20(5)6)13-8-7-9-22-13/h7-9,12H,10H2,1-6H3,(H,18,21). The van der Waals surface area contributed by atoms with Crippen LogP contribution in [0, 0.1) is 6.92 Å². The Morgan fingerprint density at radius 3 is 2.61 bits per heavy atom. The van der Waals surface area contributed by atoms with E-state index in [1.165, 1.54) is 0 Å². The van der Waals surface area contributed by atoms with E-state index in [0.717, 1.165) is 5.76 Å². The van der Waals surface area contributed by atoms with E-state index in [-0.39, 0.29) is 17.4 Å². The summed E-state index contributed by atoms with van der Waals surface area (Å²) >= 11 is 0. The quantitative estimate of drug-likeness (QED) is 0.917. The first kappa shape index (κ1) is 17.3. The molecule has 1 atom stereocenters. The van der Waals surface area contributed by atoms with Crippen molar-refractivity contribution in [3.63, 3.8) is 0 Å². The van der Waals surface area contributed by atoms with Gasteiger partial charge >= 0.3 is 0 Å². The lowest BCUT2D eigenvalue weighted by Gasteiger charge is -2.23. The topological polar surface area (TPSA) is 71.5 Å². The molecule has 2 heterocycles. The van der Waals surface area contributed by atoms with Crippen LogP contribution in [0.15, 0.2) is 27.3 Å². The number of aryl methyl sites for hydroxylation is 1. The molecule has 0 aliphatic heterocycles. The van der Waals surface area contributed by atoms with Gasteiger partial charge in [-0.2, -0.15) is 0 Å². The highest BCUT2D eigenvalue weighted by molar-refractivity contribution is 5.96. The summed E-state index contributed by atoms with van der Waals surface area (Å²) in [6.07, 6.45) is 1.63. The van der Waals surface area contributed by atoms with Crippen LogP contribution in [0.4, 0.5) is 0 Å². The fourth-order valence-corrected chi connectivity index (χ4v) is 2.45. The summed E-state index contributed by atoms with van der Waals surface area (Å²) in [7, 11) is 3.90. The van der Waals surface area contributed by atoms with Crippen molar-refractivity contribution in [2.45, 2.75) is 39.2 Å². The van der Waals surface area contributed by atoms with Crippen molar-refractivity contribution in [3.8, 4) is 0 Å². The van der Waals surface area contributed by atoms with Crippen LogP contribution in [0.2, 0.25) is 0 Å². The van der Waals surface area contributed by atoms with E-state index in [1.54, 1.807) is 13.2 Å². The van der Waals surface area contributed by atoms with Crippen molar-refractivity contribution in [1.82, 2.24) is 15.4 Å². The Labute approximate surface area is 136 Å². The summed E-state index contributed by atoms with van der Waals surface area (Å²) in [5, 5.41) is 7.02. The van der Waals surface area contributed by atoms with Gasteiger partial charge in [-0.05, 0) is 33.2 Å². The number of aromatic nitrogens is 1. The first-order valence-electron chi connectivity index (χ1n) is 7.66. The zero-order valence-electron chi connectivity index (χ0n) is 14.6. The molecule has 0 aliphatic rings. The van der Waals surface area contributed by atoms with Crippen molar-refractivity contribution in [2.24, 2.45) is 0 Å². The van der Waals surface area contributed by atoms with Crippen LogP contribution in [-0.2, 0) is 5.41 Å². The first-order valence-corrected chi connectivity index (χ1v) is 7.66. The average Bonchev–Trinajstić information content (AvgIpc) is 3.07. The molecule has 0 aliphatic carbocycles. The SMILES string of the molecule is Cc1onc(C(C)(C)C)c1C(=O)NCC(c1ccco1)N(C)C. The second-order valence-electron chi connectivity index (χ2n) is 6.92. The number of hydrogen-bond donors (Lipinski definition) is 1. The van der Waals surface area contributed by atoms with Gasteiger partial charge in [-0.1, -0.05) is 25.9 Å². The maximum atomic E-state index is 12.6. The molecule has 1 amide bonds. The number of hydrogen-bond acceptors (Lipinski definition) is 5. The van der Waals surface area contributed by atoms with E-state index < -0.39 is 0 Å². The van der Waals surface area contributed by atoms with Gasteiger partial charge in [0.05, 0.1) is 12.3 Å². The van der Waals surface area contributed by atoms with Gasteiger partial charge in [0.1, 0.15) is 22.8 Å². The molecule has 2 rings (SSSR count). The highest BCUT2D eigenvalue weighted by Gasteiger charge is 2.29. The van der Waals surface area contributed by atoms with E-state index in [2.05, 4.69) is 10.5 Å². The van der Waals surface area contributed by atoms with Crippen molar-refractivity contribution in [3.05, 3.63) is 41.2 Å². The van der Waals surface area contributed by atoms with Gasteiger partial charge in [0.25, 0.3) is 5.91 Å². The predicted octanol–water partition coefficient (Wildman–Crippen LogP) is 2.91. The van der Waals surface area contributed by atoms with Crippen LogP contribution in [0.5, 0.6) is 0 Å². The summed E-state index contributed by atoms with van der Waals surface area (Å²) in [6.45, 7) is 8.21. The number of amides is 1. The average molecular weight is 319 g/mol. The van der Waals surface area contributed by atoms with E-state index in [1.807, 2.05) is 51.9 Å².